The minimum atomic E-state index is -0.0512. The molecule has 7 heteroatoms. The van der Waals surface area contributed by atoms with E-state index in [1.165, 1.54) is 12.7 Å². The van der Waals surface area contributed by atoms with Gasteiger partial charge in [0.2, 0.25) is 0 Å². The van der Waals surface area contributed by atoms with Gasteiger partial charge in [0.15, 0.2) is 12.1 Å². The van der Waals surface area contributed by atoms with Crippen molar-refractivity contribution >= 4 is 5.91 Å². The van der Waals surface area contributed by atoms with Gasteiger partial charge in [-0.25, -0.2) is 4.98 Å². The second-order valence-electron chi connectivity index (χ2n) is 7.17. The zero-order valence-electron chi connectivity index (χ0n) is 14.7. The number of pyridine rings is 1. The van der Waals surface area contributed by atoms with Gasteiger partial charge in [-0.3, -0.25) is 9.78 Å². The van der Waals surface area contributed by atoms with Crippen LogP contribution in [0.4, 0.5) is 0 Å². The number of carbonyl (C=O) groups excluding carboxylic acids is 1. The van der Waals surface area contributed by atoms with Gasteiger partial charge in [-0.05, 0) is 42.4 Å². The number of nitrogens with zero attached hydrogens (tertiary/aromatic N) is 3. The lowest BCUT2D eigenvalue weighted by atomic mass is 9.76. The van der Waals surface area contributed by atoms with E-state index in [2.05, 4.69) is 9.97 Å². The quantitative estimate of drug-likeness (QED) is 0.817. The van der Waals surface area contributed by atoms with E-state index in [9.17, 15) is 4.79 Å². The summed E-state index contributed by atoms with van der Waals surface area (Å²) < 4.78 is 16.7. The number of ether oxygens (including phenoxy) is 2. The van der Waals surface area contributed by atoms with Crippen molar-refractivity contribution in [1.82, 2.24) is 14.9 Å². The predicted molar refractivity (Wildman–Crippen MR) is 92.3 cm³/mol. The molecule has 1 atom stereocenters. The molecule has 7 nitrogen and oxygen atoms in total. The molecular weight excluding hydrogens is 334 g/mol. The van der Waals surface area contributed by atoms with Crippen LogP contribution in [-0.4, -0.2) is 53.2 Å². The molecule has 1 amide bonds. The van der Waals surface area contributed by atoms with Gasteiger partial charge in [0.05, 0.1) is 25.9 Å². The van der Waals surface area contributed by atoms with E-state index < -0.39 is 0 Å². The van der Waals surface area contributed by atoms with Gasteiger partial charge in [-0.15, -0.1) is 0 Å². The summed E-state index contributed by atoms with van der Waals surface area (Å²) in [5.41, 5.74) is 1.67. The first-order valence-electron chi connectivity index (χ1n) is 9.00. The Bertz CT molecular complexity index is 712. The first-order valence-corrected chi connectivity index (χ1v) is 9.00. The number of aromatic nitrogens is 2. The number of hydrogen-bond acceptors (Lipinski definition) is 6. The Hall–Kier alpha value is -2.25. The molecule has 2 aliphatic rings. The van der Waals surface area contributed by atoms with Crippen LogP contribution in [0.1, 0.15) is 35.3 Å². The lowest BCUT2D eigenvalue weighted by Crippen LogP contribution is -2.43. The predicted octanol–water partition coefficient (Wildman–Crippen LogP) is 2.30. The Morgan fingerprint density at radius 2 is 2.12 bits per heavy atom. The third-order valence-electron chi connectivity index (χ3n) is 5.37. The van der Waals surface area contributed by atoms with Gasteiger partial charge in [0.1, 0.15) is 6.26 Å². The summed E-state index contributed by atoms with van der Waals surface area (Å²) in [5.74, 6) is -0.0512. The molecule has 138 valence electrons. The fourth-order valence-electron chi connectivity index (χ4n) is 3.80. The molecule has 26 heavy (non-hydrogen) atoms. The summed E-state index contributed by atoms with van der Waals surface area (Å²) in [7, 11) is 0. The maximum absolute atomic E-state index is 12.4. The summed E-state index contributed by atoms with van der Waals surface area (Å²) >= 11 is 0. The lowest BCUT2D eigenvalue weighted by molar-refractivity contribution is 0.00653. The molecule has 0 aromatic carbocycles. The highest BCUT2D eigenvalue weighted by Gasteiger charge is 2.43. The zero-order chi connectivity index (χ0) is 17.8. The van der Waals surface area contributed by atoms with Crippen LogP contribution in [0.3, 0.4) is 0 Å². The highest BCUT2D eigenvalue weighted by Crippen LogP contribution is 2.42. The molecule has 2 aliphatic heterocycles. The molecule has 2 saturated heterocycles. The van der Waals surface area contributed by atoms with Crippen molar-refractivity contribution in [2.45, 2.75) is 32.0 Å². The first kappa shape index (κ1) is 17.2. The number of likely N-dealkylation sites (tertiary alicyclic amines) is 1. The van der Waals surface area contributed by atoms with Crippen LogP contribution in [0.25, 0.3) is 0 Å². The number of piperidine rings is 1. The highest BCUT2D eigenvalue weighted by molar-refractivity contribution is 5.91. The Balaban J connectivity index is 1.23. The molecule has 0 radical (unpaired) electrons. The molecule has 0 aliphatic carbocycles. The van der Waals surface area contributed by atoms with Gasteiger partial charge >= 0.3 is 0 Å². The molecule has 0 saturated carbocycles. The Kier molecular flexibility index (Phi) is 4.99. The van der Waals surface area contributed by atoms with Crippen molar-refractivity contribution in [2.75, 3.05) is 26.3 Å². The van der Waals surface area contributed by atoms with Crippen molar-refractivity contribution < 1.29 is 18.7 Å². The fourth-order valence-corrected chi connectivity index (χ4v) is 3.80. The minimum Gasteiger partial charge on any atom is -0.451 e. The third kappa shape index (κ3) is 3.78. The normalized spacial score (nSPS) is 22.0. The summed E-state index contributed by atoms with van der Waals surface area (Å²) in [4.78, 5) is 22.2. The van der Waals surface area contributed by atoms with Gasteiger partial charge in [-0.1, -0.05) is 0 Å². The topological polar surface area (TPSA) is 77.7 Å². The lowest BCUT2D eigenvalue weighted by Gasteiger charge is -2.38. The van der Waals surface area contributed by atoms with Crippen LogP contribution in [0, 0.1) is 5.41 Å². The average molecular weight is 357 g/mol. The van der Waals surface area contributed by atoms with Crippen LogP contribution in [0.5, 0.6) is 0 Å². The van der Waals surface area contributed by atoms with Crippen molar-refractivity contribution in [3.8, 4) is 0 Å². The van der Waals surface area contributed by atoms with E-state index in [1.807, 2.05) is 17.0 Å². The van der Waals surface area contributed by atoms with Crippen molar-refractivity contribution in [3.05, 3.63) is 48.4 Å². The average Bonchev–Trinajstić information content (AvgIpc) is 3.34. The molecule has 2 fully saturated rings. The van der Waals surface area contributed by atoms with Gasteiger partial charge in [0, 0.05) is 25.5 Å². The van der Waals surface area contributed by atoms with Gasteiger partial charge in [0.25, 0.3) is 5.91 Å². The maximum Gasteiger partial charge on any atom is 0.275 e. The van der Waals surface area contributed by atoms with Crippen LogP contribution >= 0.6 is 0 Å². The van der Waals surface area contributed by atoms with Crippen molar-refractivity contribution in [2.24, 2.45) is 5.41 Å². The summed E-state index contributed by atoms with van der Waals surface area (Å²) in [6, 6.07) is 3.91. The standard InChI is InChI=1S/C19H23N3O4/c23-18(17-12-25-14-21-17)22-7-3-19(4-8-22)9-16(26-13-19)11-24-10-15-1-5-20-6-2-15/h1-2,5-6,12,14,16H,3-4,7-11,13H2/t16-/m0/s1. The first-order chi connectivity index (χ1) is 12.7. The molecule has 4 heterocycles. The monoisotopic (exact) mass is 357 g/mol. The molecule has 2 aromatic rings. The Morgan fingerprint density at radius 3 is 2.85 bits per heavy atom. The van der Waals surface area contributed by atoms with Gasteiger partial charge in [-0.2, -0.15) is 0 Å². The van der Waals surface area contributed by atoms with Crippen LogP contribution in [0.2, 0.25) is 0 Å². The molecule has 0 bridgehead atoms. The molecule has 0 N–H and O–H groups in total. The number of amides is 1. The third-order valence-corrected chi connectivity index (χ3v) is 5.37. The van der Waals surface area contributed by atoms with E-state index in [0.717, 1.165) is 44.5 Å². The molecule has 2 aromatic heterocycles. The van der Waals surface area contributed by atoms with Crippen LogP contribution in [-0.2, 0) is 16.1 Å². The zero-order valence-corrected chi connectivity index (χ0v) is 14.7. The van der Waals surface area contributed by atoms with E-state index in [4.69, 9.17) is 13.9 Å². The molecule has 1 spiro atoms. The largest absolute Gasteiger partial charge is 0.451 e. The van der Waals surface area contributed by atoms with Crippen molar-refractivity contribution in [3.63, 3.8) is 0 Å². The smallest absolute Gasteiger partial charge is 0.275 e. The second kappa shape index (κ2) is 7.55. The molecule has 4 rings (SSSR count). The van der Waals surface area contributed by atoms with Crippen molar-refractivity contribution in [1.29, 1.82) is 0 Å². The number of carbonyl (C=O) groups is 1. The summed E-state index contributed by atoms with van der Waals surface area (Å²) in [6.45, 7) is 3.41. The fraction of sp³-hybridized carbons (Fsp3) is 0.526. The number of oxazole rings is 1. The molecular formula is C19H23N3O4. The highest BCUT2D eigenvalue weighted by atomic mass is 16.5. The maximum atomic E-state index is 12.4. The Morgan fingerprint density at radius 1 is 1.31 bits per heavy atom. The minimum absolute atomic E-state index is 0.0512. The van der Waals surface area contributed by atoms with Gasteiger partial charge < -0.3 is 18.8 Å². The SMILES string of the molecule is O=C(c1cocn1)N1CCC2(CC1)CO[C@H](COCc1ccncc1)C2. The van der Waals surface area contributed by atoms with E-state index >= 15 is 0 Å². The Labute approximate surface area is 152 Å². The second-order valence-corrected chi connectivity index (χ2v) is 7.17. The van der Waals surface area contributed by atoms with Crippen LogP contribution < -0.4 is 0 Å². The van der Waals surface area contributed by atoms with E-state index in [-0.39, 0.29) is 17.4 Å². The van der Waals surface area contributed by atoms with E-state index in [0.29, 0.717) is 18.9 Å². The number of rotatable bonds is 5. The van der Waals surface area contributed by atoms with E-state index in [1.54, 1.807) is 12.4 Å². The summed E-state index contributed by atoms with van der Waals surface area (Å²) in [5, 5.41) is 0. The molecule has 0 unspecified atom stereocenters. The van der Waals surface area contributed by atoms with Crippen LogP contribution in [0.15, 0.2) is 41.6 Å². The summed E-state index contributed by atoms with van der Waals surface area (Å²) in [6.07, 6.45) is 9.28. The number of hydrogen-bond donors (Lipinski definition) is 0.